The standard InChI is InChI=1S/C18H17ClN2O2/c1-20(2)11-14-13-6-4-5-7-15(13)21(18(14)22)16-10-12(19)8-9-17(16)23-3/h4-11H,1-3H3/b14-11-. The van der Waals surface area contributed by atoms with Crippen molar-refractivity contribution >= 4 is 34.5 Å². The molecule has 3 rings (SSSR count). The Morgan fingerprint density at radius 3 is 2.57 bits per heavy atom. The first-order valence-electron chi connectivity index (χ1n) is 7.18. The van der Waals surface area contributed by atoms with E-state index in [-0.39, 0.29) is 5.91 Å². The summed E-state index contributed by atoms with van der Waals surface area (Å²) in [5, 5.41) is 0.552. The van der Waals surface area contributed by atoms with Crippen molar-refractivity contribution in [1.29, 1.82) is 0 Å². The maximum absolute atomic E-state index is 13.0. The molecule has 0 saturated carbocycles. The van der Waals surface area contributed by atoms with Gasteiger partial charge >= 0.3 is 0 Å². The van der Waals surface area contributed by atoms with E-state index in [1.54, 1.807) is 30.2 Å². The number of para-hydroxylation sites is 1. The smallest absolute Gasteiger partial charge is 0.265 e. The summed E-state index contributed by atoms with van der Waals surface area (Å²) in [6, 6.07) is 13.0. The lowest BCUT2D eigenvalue weighted by atomic mass is 10.1. The van der Waals surface area contributed by atoms with E-state index in [9.17, 15) is 4.79 Å². The summed E-state index contributed by atoms with van der Waals surface area (Å²) < 4.78 is 5.41. The predicted molar refractivity (Wildman–Crippen MR) is 93.3 cm³/mol. The molecular weight excluding hydrogens is 312 g/mol. The highest BCUT2D eigenvalue weighted by molar-refractivity contribution is 6.36. The van der Waals surface area contributed by atoms with Crippen molar-refractivity contribution in [2.45, 2.75) is 0 Å². The van der Waals surface area contributed by atoms with E-state index in [4.69, 9.17) is 16.3 Å². The molecule has 0 aliphatic carbocycles. The van der Waals surface area contributed by atoms with Gasteiger partial charge in [0.25, 0.3) is 5.91 Å². The summed E-state index contributed by atoms with van der Waals surface area (Å²) in [5.41, 5.74) is 3.01. The average molecular weight is 329 g/mol. The fraction of sp³-hybridized carbons (Fsp3) is 0.167. The molecule has 0 bridgehead atoms. The second kappa shape index (κ2) is 5.97. The molecule has 1 aliphatic heterocycles. The van der Waals surface area contributed by atoms with Crippen LogP contribution in [0.4, 0.5) is 11.4 Å². The number of carbonyl (C=O) groups is 1. The maximum atomic E-state index is 13.0. The van der Waals surface area contributed by atoms with E-state index in [2.05, 4.69) is 0 Å². The molecular formula is C18H17ClN2O2. The number of carbonyl (C=O) groups excluding carboxylic acids is 1. The molecule has 0 fully saturated rings. The Bertz CT molecular complexity index is 799. The molecule has 4 nitrogen and oxygen atoms in total. The number of anilines is 2. The number of fused-ring (bicyclic) bond motifs is 1. The zero-order chi connectivity index (χ0) is 16.6. The van der Waals surface area contributed by atoms with E-state index < -0.39 is 0 Å². The largest absolute Gasteiger partial charge is 0.495 e. The lowest BCUT2D eigenvalue weighted by Gasteiger charge is -2.20. The monoisotopic (exact) mass is 328 g/mol. The Balaban J connectivity index is 2.22. The van der Waals surface area contributed by atoms with Gasteiger partial charge in [0, 0.05) is 30.9 Å². The zero-order valence-corrected chi connectivity index (χ0v) is 14.0. The topological polar surface area (TPSA) is 32.8 Å². The van der Waals surface area contributed by atoms with Crippen molar-refractivity contribution in [1.82, 2.24) is 4.90 Å². The molecule has 0 radical (unpaired) electrons. The van der Waals surface area contributed by atoms with Crippen molar-refractivity contribution in [2.75, 3.05) is 26.1 Å². The number of amides is 1. The predicted octanol–water partition coefficient (Wildman–Crippen LogP) is 3.93. The highest BCUT2D eigenvalue weighted by atomic mass is 35.5. The van der Waals surface area contributed by atoms with Gasteiger partial charge in [-0.3, -0.25) is 9.69 Å². The van der Waals surface area contributed by atoms with Crippen molar-refractivity contribution in [3.8, 4) is 5.75 Å². The number of benzene rings is 2. The summed E-state index contributed by atoms with van der Waals surface area (Å²) >= 11 is 6.13. The van der Waals surface area contributed by atoms with E-state index >= 15 is 0 Å². The Labute approximate surface area is 140 Å². The van der Waals surface area contributed by atoms with Crippen molar-refractivity contribution in [3.63, 3.8) is 0 Å². The molecule has 5 heteroatoms. The third-order valence-electron chi connectivity index (χ3n) is 3.64. The summed E-state index contributed by atoms with van der Waals surface area (Å²) in [6.07, 6.45) is 1.83. The minimum absolute atomic E-state index is 0.0968. The first-order chi connectivity index (χ1) is 11.0. The Morgan fingerprint density at radius 2 is 1.87 bits per heavy atom. The minimum Gasteiger partial charge on any atom is -0.495 e. The van der Waals surface area contributed by atoms with Gasteiger partial charge in [-0.1, -0.05) is 29.8 Å². The third kappa shape index (κ3) is 2.66. The molecule has 1 aliphatic rings. The molecule has 2 aromatic carbocycles. The van der Waals surface area contributed by atoms with Gasteiger partial charge in [0.2, 0.25) is 0 Å². The first-order valence-corrected chi connectivity index (χ1v) is 7.56. The zero-order valence-electron chi connectivity index (χ0n) is 13.2. The molecule has 0 unspecified atom stereocenters. The van der Waals surface area contributed by atoms with Crippen LogP contribution in [0.5, 0.6) is 5.75 Å². The van der Waals surface area contributed by atoms with Gasteiger partial charge in [-0.05, 0) is 24.3 Å². The normalized spacial score (nSPS) is 15.0. The Kier molecular flexibility index (Phi) is 4.01. The lowest BCUT2D eigenvalue weighted by Crippen LogP contribution is -2.21. The summed E-state index contributed by atoms with van der Waals surface area (Å²) in [4.78, 5) is 16.5. The minimum atomic E-state index is -0.0968. The first kappa shape index (κ1) is 15.4. The van der Waals surface area contributed by atoms with Crippen LogP contribution in [0.1, 0.15) is 5.56 Å². The quantitative estimate of drug-likeness (QED) is 0.800. The molecule has 0 atom stereocenters. The molecule has 1 heterocycles. The number of rotatable bonds is 3. The average Bonchev–Trinajstić information content (AvgIpc) is 2.79. The van der Waals surface area contributed by atoms with Gasteiger partial charge in [0.05, 0.1) is 24.1 Å². The van der Waals surface area contributed by atoms with Crippen LogP contribution in [0, 0.1) is 0 Å². The van der Waals surface area contributed by atoms with Gasteiger partial charge in [-0.15, -0.1) is 0 Å². The highest BCUT2D eigenvalue weighted by Gasteiger charge is 2.35. The lowest BCUT2D eigenvalue weighted by molar-refractivity contribution is -0.112. The molecule has 0 saturated heterocycles. The Hall–Kier alpha value is -2.46. The van der Waals surface area contributed by atoms with Crippen LogP contribution in [-0.4, -0.2) is 32.0 Å². The van der Waals surface area contributed by atoms with E-state index in [1.807, 2.05) is 49.5 Å². The van der Waals surface area contributed by atoms with Crippen LogP contribution in [0.25, 0.3) is 5.57 Å². The van der Waals surface area contributed by atoms with Gasteiger partial charge in [-0.25, -0.2) is 0 Å². The van der Waals surface area contributed by atoms with Crippen molar-refractivity contribution in [3.05, 3.63) is 59.3 Å². The van der Waals surface area contributed by atoms with Crippen LogP contribution in [0.15, 0.2) is 48.7 Å². The van der Waals surface area contributed by atoms with Gasteiger partial charge < -0.3 is 9.64 Å². The summed E-state index contributed by atoms with van der Waals surface area (Å²) in [5.74, 6) is 0.504. The summed E-state index contributed by atoms with van der Waals surface area (Å²) in [6.45, 7) is 0. The van der Waals surface area contributed by atoms with Gasteiger partial charge in [0.15, 0.2) is 0 Å². The molecule has 0 aromatic heterocycles. The molecule has 2 aromatic rings. The van der Waals surface area contributed by atoms with Crippen molar-refractivity contribution < 1.29 is 9.53 Å². The van der Waals surface area contributed by atoms with Gasteiger partial charge in [-0.2, -0.15) is 0 Å². The Morgan fingerprint density at radius 1 is 1.13 bits per heavy atom. The fourth-order valence-electron chi connectivity index (χ4n) is 2.70. The number of ether oxygens (including phenoxy) is 1. The molecule has 23 heavy (non-hydrogen) atoms. The second-order valence-corrected chi connectivity index (χ2v) is 5.92. The van der Waals surface area contributed by atoms with E-state index in [1.165, 1.54) is 0 Å². The summed E-state index contributed by atoms with van der Waals surface area (Å²) in [7, 11) is 5.37. The molecule has 0 spiro atoms. The molecule has 0 N–H and O–H groups in total. The SMILES string of the molecule is COc1ccc(Cl)cc1N1C(=O)/C(=C\N(C)C)c2ccccc21. The van der Waals surface area contributed by atoms with E-state index in [0.29, 0.717) is 22.0 Å². The molecule has 1 amide bonds. The van der Waals surface area contributed by atoms with Crippen LogP contribution >= 0.6 is 11.6 Å². The maximum Gasteiger partial charge on any atom is 0.265 e. The number of hydrogen-bond donors (Lipinski definition) is 0. The van der Waals surface area contributed by atoms with Crippen molar-refractivity contribution in [2.24, 2.45) is 0 Å². The second-order valence-electron chi connectivity index (χ2n) is 5.48. The highest BCUT2D eigenvalue weighted by Crippen LogP contribution is 2.45. The number of nitrogens with zero attached hydrogens (tertiary/aromatic N) is 2. The number of methoxy groups -OCH3 is 1. The third-order valence-corrected chi connectivity index (χ3v) is 3.87. The van der Waals surface area contributed by atoms with E-state index in [0.717, 1.165) is 11.3 Å². The van der Waals surface area contributed by atoms with Crippen LogP contribution in [-0.2, 0) is 4.79 Å². The van der Waals surface area contributed by atoms with Gasteiger partial charge in [0.1, 0.15) is 5.75 Å². The fourth-order valence-corrected chi connectivity index (χ4v) is 2.87. The van der Waals surface area contributed by atoms with Crippen LogP contribution < -0.4 is 9.64 Å². The number of halogens is 1. The number of hydrogen-bond acceptors (Lipinski definition) is 3. The molecule has 118 valence electrons. The van der Waals surface area contributed by atoms with Crippen LogP contribution in [0.3, 0.4) is 0 Å². The van der Waals surface area contributed by atoms with Crippen LogP contribution in [0.2, 0.25) is 5.02 Å².